The largest absolute Gasteiger partial charge is 0.322 e. The molecular weight excluding hydrogens is 309 g/mol. The Labute approximate surface area is 119 Å². The van der Waals surface area contributed by atoms with E-state index in [0.29, 0.717) is 16.8 Å². The molecule has 0 saturated carbocycles. The van der Waals surface area contributed by atoms with Crippen molar-refractivity contribution in [1.82, 2.24) is 0 Å². The van der Waals surface area contributed by atoms with Crippen LogP contribution in [0.1, 0.15) is 21.5 Å². The average Bonchev–Trinajstić information content (AvgIpc) is 2.42. The molecule has 2 aromatic rings. The minimum atomic E-state index is -0.373. The van der Waals surface area contributed by atoms with E-state index in [1.54, 1.807) is 25.1 Å². The van der Waals surface area contributed by atoms with E-state index in [1.807, 2.05) is 18.2 Å². The summed E-state index contributed by atoms with van der Waals surface area (Å²) in [6.07, 6.45) is 0. The molecule has 1 amide bonds. The van der Waals surface area contributed by atoms with Gasteiger partial charge in [-0.1, -0.05) is 34.1 Å². The summed E-state index contributed by atoms with van der Waals surface area (Å²) in [5.41, 5.74) is 2.60. The van der Waals surface area contributed by atoms with Gasteiger partial charge < -0.3 is 5.32 Å². The first-order valence-corrected chi connectivity index (χ1v) is 6.94. The fourth-order valence-electron chi connectivity index (χ4n) is 1.67. The van der Waals surface area contributed by atoms with Gasteiger partial charge in [-0.05, 0) is 42.3 Å². The smallest absolute Gasteiger partial charge is 0.255 e. The van der Waals surface area contributed by atoms with Crippen LogP contribution < -0.4 is 5.32 Å². The maximum atomic E-state index is 13.4. The van der Waals surface area contributed by atoms with Crippen molar-refractivity contribution in [3.63, 3.8) is 0 Å². The molecule has 0 spiro atoms. The number of hydrogen-bond donors (Lipinski definition) is 1. The molecule has 0 aliphatic carbocycles. The molecule has 0 aliphatic heterocycles. The van der Waals surface area contributed by atoms with Gasteiger partial charge in [0, 0.05) is 16.6 Å². The Morgan fingerprint density at radius 1 is 1.26 bits per heavy atom. The van der Waals surface area contributed by atoms with E-state index >= 15 is 0 Å². The van der Waals surface area contributed by atoms with Crippen LogP contribution >= 0.6 is 15.9 Å². The first kappa shape index (κ1) is 13.7. The monoisotopic (exact) mass is 321 g/mol. The summed E-state index contributed by atoms with van der Waals surface area (Å²) >= 11 is 3.36. The minimum Gasteiger partial charge on any atom is -0.322 e. The lowest BCUT2D eigenvalue weighted by molar-refractivity contribution is 0.102. The second-order valence-electron chi connectivity index (χ2n) is 4.25. The molecule has 0 heterocycles. The topological polar surface area (TPSA) is 29.1 Å². The Balaban J connectivity index is 2.18. The number of carbonyl (C=O) groups is 1. The molecule has 0 fully saturated rings. The van der Waals surface area contributed by atoms with E-state index in [1.165, 1.54) is 6.07 Å². The molecule has 2 nitrogen and oxygen atoms in total. The standard InChI is InChI=1S/C15H13BrFNO/c1-10-5-6-12(8-14(10)17)15(19)18-13-4-2-3-11(7-13)9-16/h2-8H,9H2,1H3,(H,18,19). The predicted molar refractivity (Wildman–Crippen MR) is 78.2 cm³/mol. The summed E-state index contributed by atoms with van der Waals surface area (Å²) in [4.78, 5) is 12.0. The van der Waals surface area contributed by atoms with Gasteiger partial charge >= 0.3 is 0 Å². The Morgan fingerprint density at radius 2 is 2.05 bits per heavy atom. The summed E-state index contributed by atoms with van der Waals surface area (Å²) in [7, 11) is 0. The first-order valence-electron chi connectivity index (χ1n) is 5.82. The highest BCUT2D eigenvalue weighted by Gasteiger charge is 2.08. The fourth-order valence-corrected chi connectivity index (χ4v) is 2.02. The maximum Gasteiger partial charge on any atom is 0.255 e. The van der Waals surface area contributed by atoms with Crippen LogP contribution in [0.5, 0.6) is 0 Å². The lowest BCUT2D eigenvalue weighted by Gasteiger charge is -2.07. The van der Waals surface area contributed by atoms with Crippen molar-refractivity contribution in [2.24, 2.45) is 0 Å². The molecule has 4 heteroatoms. The van der Waals surface area contributed by atoms with Gasteiger partial charge in [-0.3, -0.25) is 4.79 Å². The number of hydrogen-bond acceptors (Lipinski definition) is 1. The van der Waals surface area contributed by atoms with E-state index in [0.717, 1.165) is 10.9 Å². The zero-order valence-electron chi connectivity index (χ0n) is 10.4. The summed E-state index contributed by atoms with van der Waals surface area (Å²) in [6, 6.07) is 11.9. The number of benzene rings is 2. The number of aryl methyl sites for hydroxylation is 1. The summed E-state index contributed by atoms with van der Waals surface area (Å²) in [6.45, 7) is 1.66. The normalized spacial score (nSPS) is 10.3. The van der Waals surface area contributed by atoms with Crippen LogP contribution in [0.15, 0.2) is 42.5 Å². The minimum absolute atomic E-state index is 0.312. The number of carbonyl (C=O) groups excluding carboxylic acids is 1. The van der Waals surface area contributed by atoms with Crippen LogP contribution in [0, 0.1) is 12.7 Å². The molecule has 2 aromatic carbocycles. The number of anilines is 1. The third-order valence-corrected chi connectivity index (χ3v) is 3.42. The summed E-state index contributed by atoms with van der Waals surface area (Å²) < 4.78 is 13.4. The lowest BCUT2D eigenvalue weighted by atomic mass is 10.1. The number of nitrogens with one attached hydrogen (secondary N) is 1. The van der Waals surface area contributed by atoms with E-state index in [9.17, 15) is 9.18 Å². The molecule has 0 unspecified atom stereocenters. The zero-order valence-corrected chi connectivity index (χ0v) is 12.0. The van der Waals surface area contributed by atoms with Gasteiger partial charge in [0.05, 0.1) is 0 Å². The maximum absolute atomic E-state index is 13.4. The van der Waals surface area contributed by atoms with Crippen molar-refractivity contribution >= 4 is 27.5 Å². The molecule has 19 heavy (non-hydrogen) atoms. The highest BCUT2D eigenvalue weighted by molar-refractivity contribution is 9.08. The molecule has 2 rings (SSSR count). The van der Waals surface area contributed by atoms with E-state index in [4.69, 9.17) is 0 Å². The predicted octanol–water partition coefficient (Wildman–Crippen LogP) is 4.28. The molecule has 0 atom stereocenters. The SMILES string of the molecule is Cc1ccc(C(=O)Nc2cccc(CBr)c2)cc1F. The Hall–Kier alpha value is -1.68. The van der Waals surface area contributed by atoms with Crippen molar-refractivity contribution in [1.29, 1.82) is 0 Å². The van der Waals surface area contributed by atoms with Crippen LogP contribution in [-0.2, 0) is 5.33 Å². The van der Waals surface area contributed by atoms with Crippen molar-refractivity contribution in [2.75, 3.05) is 5.32 Å². The molecule has 0 radical (unpaired) electrons. The molecule has 1 N–H and O–H groups in total. The Bertz CT molecular complexity index is 613. The molecule has 0 aliphatic rings. The highest BCUT2D eigenvalue weighted by atomic mass is 79.9. The second-order valence-corrected chi connectivity index (χ2v) is 4.81. The molecule has 0 saturated heterocycles. The molecule has 98 valence electrons. The number of alkyl halides is 1. The van der Waals surface area contributed by atoms with Crippen molar-refractivity contribution < 1.29 is 9.18 Å². The van der Waals surface area contributed by atoms with Crippen LogP contribution in [0.4, 0.5) is 10.1 Å². The number of amides is 1. The van der Waals surface area contributed by atoms with Gasteiger partial charge in [-0.25, -0.2) is 4.39 Å². The number of halogens is 2. The van der Waals surface area contributed by atoms with Gasteiger partial charge in [0.25, 0.3) is 5.91 Å². The van der Waals surface area contributed by atoms with Crippen LogP contribution in [-0.4, -0.2) is 5.91 Å². The number of rotatable bonds is 3. The zero-order chi connectivity index (χ0) is 13.8. The van der Waals surface area contributed by atoms with Crippen molar-refractivity contribution in [3.8, 4) is 0 Å². The highest BCUT2D eigenvalue weighted by Crippen LogP contribution is 2.15. The van der Waals surface area contributed by atoms with Gasteiger partial charge in [-0.2, -0.15) is 0 Å². The van der Waals surface area contributed by atoms with Crippen molar-refractivity contribution in [2.45, 2.75) is 12.3 Å². The molecule has 0 bridgehead atoms. The Kier molecular flexibility index (Phi) is 4.32. The Morgan fingerprint density at radius 3 is 2.74 bits per heavy atom. The summed E-state index contributed by atoms with van der Waals surface area (Å²) in [5.74, 6) is -0.688. The summed E-state index contributed by atoms with van der Waals surface area (Å²) in [5, 5.41) is 3.47. The van der Waals surface area contributed by atoms with Gasteiger partial charge in [0.2, 0.25) is 0 Å². The third-order valence-electron chi connectivity index (χ3n) is 2.77. The van der Waals surface area contributed by atoms with E-state index in [2.05, 4.69) is 21.2 Å². The lowest BCUT2D eigenvalue weighted by Crippen LogP contribution is -2.12. The van der Waals surface area contributed by atoms with Crippen LogP contribution in [0.2, 0.25) is 0 Å². The molecular formula is C15H13BrFNO. The van der Waals surface area contributed by atoms with Gasteiger partial charge in [0.15, 0.2) is 0 Å². The third kappa shape index (κ3) is 3.41. The first-order chi connectivity index (χ1) is 9.10. The van der Waals surface area contributed by atoms with Crippen molar-refractivity contribution in [3.05, 3.63) is 65.0 Å². The fraction of sp³-hybridized carbons (Fsp3) is 0.133. The van der Waals surface area contributed by atoms with Gasteiger partial charge in [-0.15, -0.1) is 0 Å². The quantitative estimate of drug-likeness (QED) is 0.840. The molecule has 0 aromatic heterocycles. The van der Waals surface area contributed by atoms with Crippen LogP contribution in [0.3, 0.4) is 0 Å². The average molecular weight is 322 g/mol. The van der Waals surface area contributed by atoms with Crippen LogP contribution in [0.25, 0.3) is 0 Å². The van der Waals surface area contributed by atoms with E-state index < -0.39 is 0 Å². The second kappa shape index (κ2) is 5.97. The van der Waals surface area contributed by atoms with Gasteiger partial charge in [0.1, 0.15) is 5.82 Å². The van der Waals surface area contributed by atoms with E-state index in [-0.39, 0.29) is 11.7 Å².